The standard InChI is InChI=1S/C20H30O2/c1-5-18(2)12-9-15-14(13-18)7-8-16-19(15,3)10-6-11-20(16,4)17(21)22/h5,9,14,16H,1,6-8,10-13H2,2-4H3,(H,21,22)/t14-,16+,18+,19+,20+/m0/s1. The predicted molar refractivity (Wildman–Crippen MR) is 89.5 cm³/mol. The van der Waals surface area contributed by atoms with E-state index < -0.39 is 11.4 Å². The van der Waals surface area contributed by atoms with E-state index in [9.17, 15) is 9.90 Å². The summed E-state index contributed by atoms with van der Waals surface area (Å²) in [5.41, 5.74) is 1.35. The van der Waals surface area contributed by atoms with Crippen molar-refractivity contribution in [3.05, 3.63) is 24.3 Å². The molecule has 3 rings (SSSR count). The van der Waals surface area contributed by atoms with Gasteiger partial charge >= 0.3 is 5.97 Å². The third kappa shape index (κ3) is 2.10. The minimum absolute atomic E-state index is 0.0941. The number of carboxylic acid groups (broad SMARTS) is 1. The highest BCUT2D eigenvalue weighted by Gasteiger charge is 2.57. The minimum atomic E-state index is -0.589. The first-order chi connectivity index (χ1) is 10.3. The van der Waals surface area contributed by atoms with Gasteiger partial charge < -0.3 is 5.11 Å². The van der Waals surface area contributed by atoms with Crippen LogP contribution in [0.2, 0.25) is 0 Å². The zero-order valence-corrected chi connectivity index (χ0v) is 14.3. The van der Waals surface area contributed by atoms with Gasteiger partial charge in [0, 0.05) is 0 Å². The van der Waals surface area contributed by atoms with E-state index in [0.717, 1.165) is 38.5 Å². The predicted octanol–water partition coefficient (Wildman–Crippen LogP) is 5.21. The van der Waals surface area contributed by atoms with Crippen molar-refractivity contribution in [1.29, 1.82) is 0 Å². The third-order valence-electron chi connectivity index (χ3n) is 7.32. The molecule has 0 unspecified atom stereocenters. The molecule has 122 valence electrons. The first kappa shape index (κ1) is 15.8. The van der Waals surface area contributed by atoms with E-state index in [-0.39, 0.29) is 10.8 Å². The summed E-state index contributed by atoms with van der Waals surface area (Å²) < 4.78 is 0. The monoisotopic (exact) mass is 302 g/mol. The highest BCUT2D eigenvalue weighted by Crippen LogP contribution is 2.63. The van der Waals surface area contributed by atoms with Gasteiger partial charge in [-0.25, -0.2) is 0 Å². The van der Waals surface area contributed by atoms with Crippen molar-refractivity contribution in [3.63, 3.8) is 0 Å². The summed E-state index contributed by atoms with van der Waals surface area (Å²) in [5.74, 6) is 0.338. The molecule has 3 aliphatic rings. The van der Waals surface area contributed by atoms with Crippen LogP contribution in [-0.2, 0) is 4.79 Å². The number of carboxylic acids is 1. The lowest BCUT2D eigenvalue weighted by atomic mass is 9.46. The van der Waals surface area contributed by atoms with Crippen LogP contribution in [0.15, 0.2) is 24.3 Å². The second kappa shape index (κ2) is 4.97. The highest BCUT2D eigenvalue weighted by molar-refractivity contribution is 5.75. The molecule has 0 bridgehead atoms. The Morgan fingerprint density at radius 3 is 2.68 bits per heavy atom. The average Bonchev–Trinajstić information content (AvgIpc) is 2.46. The Morgan fingerprint density at radius 2 is 2.05 bits per heavy atom. The fourth-order valence-corrected chi connectivity index (χ4v) is 5.87. The molecule has 0 aromatic rings. The topological polar surface area (TPSA) is 37.3 Å². The van der Waals surface area contributed by atoms with E-state index >= 15 is 0 Å². The summed E-state index contributed by atoms with van der Waals surface area (Å²) in [6, 6.07) is 0. The molecule has 0 aromatic carbocycles. The number of fused-ring (bicyclic) bond motifs is 3. The molecule has 0 radical (unpaired) electrons. The second-order valence-corrected chi connectivity index (χ2v) is 8.75. The number of hydrogen-bond donors (Lipinski definition) is 1. The Morgan fingerprint density at radius 1 is 1.32 bits per heavy atom. The lowest BCUT2D eigenvalue weighted by molar-refractivity contribution is -0.160. The number of rotatable bonds is 2. The Bertz CT molecular complexity index is 534. The molecule has 2 heteroatoms. The number of hydrogen-bond acceptors (Lipinski definition) is 1. The fourth-order valence-electron chi connectivity index (χ4n) is 5.87. The van der Waals surface area contributed by atoms with Gasteiger partial charge in [-0.05, 0) is 68.1 Å². The van der Waals surface area contributed by atoms with Crippen LogP contribution >= 0.6 is 0 Å². The smallest absolute Gasteiger partial charge is 0.309 e. The molecule has 0 saturated heterocycles. The maximum absolute atomic E-state index is 11.9. The van der Waals surface area contributed by atoms with Crippen molar-refractivity contribution >= 4 is 5.97 Å². The van der Waals surface area contributed by atoms with E-state index in [0.29, 0.717) is 11.8 Å². The molecule has 5 atom stereocenters. The van der Waals surface area contributed by atoms with Gasteiger partial charge in [-0.15, -0.1) is 6.58 Å². The summed E-state index contributed by atoms with van der Waals surface area (Å²) in [6.07, 6.45) is 12.1. The third-order valence-corrected chi connectivity index (χ3v) is 7.32. The van der Waals surface area contributed by atoms with Crippen LogP contribution in [0.1, 0.15) is 65.7 Å². The van der Waals surface area contributed by atoms with Gasteiger partial charge in [0.2, 0.25) is 0 Å². The quantitative estimate of drug-likeness (QED) is 0.711. The maximum Gasteiger partial charge on any atom is 0.309 e. The van der Waals surface area contributed by atoms with E-state index in [2.05, 4.69) is 32.6 Å². The molecule has 0 aliphatic heterocycles. The molecular weight excluding hydrogens is 272 g/mol. The zero-order valence-electron chi connectivity index (χ0n) is 14.3. The molecule has 2 nitrogen and oxygen atoms in total. The molecule has 2 fully saturated rings. The average molecular weight is 302 g/mol. The van der Waals surface area contributed by atoms with Crippen molar-refractivity contribution in [3.8, 4) is 0 Å². The van der Waals surface area contributed by atoms with Crippen molar-refractivity contribution in [2.45, 2.75) is 65.7 Å². The highest BCUT2D eigenvalue weighted by atomic mass is 16.4. The molecular formula is C20H30O2. The SMILES string of the molecule is C=C[C@]1(C)CC=C2[C@@H](CC[C@H]3[C@](C)(C(=O)O)CCC[C@]23C)C1. The molecule has 0 amide bonds. The largest absolute Gasteiger partial charge is 0.481 e. The lowest BCUT2D eigenvalue weighted by Gasteiger charge is -2.58. The summed E-state index contributed by atoms with van der Waals surface area (Å²) in [4.78, 5) is 11.9. The van der Waals surface area contributed by atoms with Gasteiger partial charge in [0.15, 0.2) is 0 Å². The first-order valence-corrected chi connectivity index (χ1v) is 8.83. The Labute approximate surface area is 134 Å². The Kier molecular flexibility index (Phi) is 3.58. The van der Waals surface area contributed by atoms with E-state index in [1.165, 1.54) is 6.42 Å². The van der Waals surface area contributed by atoms with Gasteiger partial charge in [-0.1, -0.05) is 38.0 Å². The van der Waals surface area contributed by atoms with Crippen molar-refractivity contribution in [2.24, 2.45) is 28.1 Å². The number of aliphatic carboxylic acids is 1. The fraction of sp³-hybridized carbons (Fsp3) is 0.750. The van der Waals surface area contributed by atoms with Crippen LogP contribution in [-0.4, -0.2) is 11.1 Å². The summed E-state index contributed by atoms with van der Waals surface area (Å²) >= 11 is 0. The minimum Gasteiger partial charge on any atom is -0.481 e. The summed E-state index contributed by atoms with van der Waals surface area (Å²) in [6.45, 7) is 10.7. The number of carbonyl (C=O) groups is 1. The first-order valence-electron chi connectivity index (χ1n) is 8.83. The molecule has 1 N–H and O–H groups in total. The van der Waals surface area contributed by atoms with Crippen LogP contribution in [0.4, 0.5) is 0 Å². The van der Waals surface area contributed by atoms with E-state index in [1.54, 1.807) is 5.57 Å². The lowest BCUT2D eigenvalue weighted by Crippen LogP contribution is -2.52. The molecule has 2 saturated carbocycles. The normalized spacial score (nSPS) is 47.9. The molecule has 0 spiro atoms. The van der Waals surface area contributed by atoms with Gasteiger partial charge in [0.1, 0.15) is 0 Å². The molecule has 22 heavy (non-hydrogen) atoms. The zero-order chi connectivity index (χ0) is 16.2. The van der Waals surface area contributed by atoms with Crippen molar-refractivity contribution in [2.75, 3.05) is 0 Å². The van der Waals surface area contributed by atoms with Crippen molar-refractivity contribution in [1.82, 2.24) is 0 Å². The molecule has 3 aliphatic carbocycles. The van der Waals surface area contributed by atoms with Crippen molar-refractivity contribution < 1.29 is 9.90 Å². The molecule has 0 aromatic heterocycles. The van der Waals surface area contributed by atoms with Crippen LogP contribution < -0.4 is 0 Å². The van der Waals surface area contributed by atoms with Crippen LogP contribution in [0, 0.1) is 28.1 Å². The van der Waals surface area contributed by atoms with E-state index in [1.807, 2.05) is 6.92 Å². The molecule has 0 heterocycles. The van der Waals surface area contributed by atoms with Crippen LogP contribution in [0.25, 0.3) is 0 Å². The Balaban J connectivity index is 1.99. The van der Waals surface area contributed by atoms with Gasteiger partial charge in [-0.3, -0.25) is 4.79 Å². The van der Waals surface area contributed by atoms with Gasteiger partial charge in [-0.2, -0.15) is 0 Å². The second-order valence-electron chi connectivity index (χ2n) is 8.75. The van der Waals surface area contributed by atoms with Crippen LogP contribution in [0.3, 0.4) is 0 Å². The maximum atomic E-state index is 11.9. The number of allylic oxidation sites excluding steroid dienone is 3. The van der Waals surface area contributed by atoms with Gasteiger partial charge in [0.25, 0.3) is 0 Å². The Hall–Kier alpha value is -1.05. The summed E-state index contributed by atoms with van der Waals surface area (Å²) in [7, 11) is 0. The van der Waals surface area contributed by atoms with Gasteiger partial charge in [0.05, 0.1) is 5.41 Å². The summed E-state index contributed by atoms with van der Waals surface area (Å²) in [5, 5.41) is 9.84. The van der Waals surface area contributed by atoms with Crippen LogP contribution in [0.5, 0.6) is 0 Å². The van der Waals surface area contributed by atoms with E-state index in [4.69, 9.17) is 0 Å².